The van der Waals surface area contributed by atoms with Crippen molar-refractivity contribution in [3.8, 4) is 5.75 Å². The molecule has 0 aliphatic rings. The summed E-state index contributed by atoms with van der Waals surface area (Å²) in [6.45, 7) is 3.57. The molecule has 1 amide bonds. The first-order valence-corrected chi connectivity index (χ1v) is 6.68. The number of amides is 1. The van der Waals surface area contributed by atoms with Crippen LogP contribution in [0.15, 0.2) is 18.2 Å². The molecule has 1 aromatic rings. The molecule has 0 atom stereocenters. The first-order valence-electron chi connectivity index (χ1n) is 6.68. The molecule has 7 nitrogen and oxygen atoms in total. The summed E-state index contributed by atoms with van der Waals surface area (Å²) in [6.07, 6.45) is 1.16. The van der Waals surface area contributed by atoms with Crippen LogP contribution in [0.5, 0.6) is 5.75 Å². The normalized spacial score (nSPS) is 11.0. The summed E-state index contributed by atoms with van der Waals surface area (Å²) in [5, 5.41) is 23.1. The first-order chi connectivity index (χ1) is 9.92. The van der Waals surface area contributed by atoms with E-state index in [0.29, 0.717) is 12.8 Å². The maximum Gasteiger partial charge on any atom is 0.310 e. The summed E-state index contributed by atoms with van der Waals surface area (Å²) in [5.41, 5.74) is -0.642. The molecule has 21 heavy (non-hydrogen) atoms. The topological polar surface area (TPSA) is 102 Å². The van der Waals surface area contributed by atoms with Crippen molar-refractivity contribution in [2.24, 2.45) is 0 Å². The summed E-state index contributed by atoms with van der Waals surface area (Å²) in [4.78, 5) is 22.5. The summed E-state index contributed by atoms with van der Waals surface area (Å²) in [7, 11) is 1.31. The first kappa shape index (κ1) is 16.9. The monoisotopic (exact) mass is 296 g/mol. The minimum atomic E-state index is -0.688. The number of nitrogens with zero attached hydrogens (tertiary/aromatic N) is 1. The smallest absolute Gasteiger partial charge is 0.310 e. The summed E-state index contributed by atoms with van der Waals surface area (Å²) in [6, 6.07) is 3.91. The lowest BCUT2D eigenvalue weighted by Crippen LogP contribution is -2.50. The molecule has 0 aliphatic heterocycles. The van der Waals surface area contributed by atoms with Crippen LogP contribution in [0.2, 0.25) is 0 Å². The third-order valence-electron chi connectivity index (χ3n) is 3.67. The summed E-state index contributed by atoms with van der Waals surface area (Å²) < 4.78 is 4.94. The van der Waals surface area contributed by atoms with Gasteiger partial charge in [0.25, 0.3) is 5.91 Å². The van der Waals surface area contributed by atoms with Gasteiger partial charge in [-0.3, -0.25) is 14.9 Å². The number of nitro benzene ring substituents is 1. The Morgan fingerprint density at radius 1 is 1.43 bits per heavy atom. The van der Waals surface area contributed by atoms with Crippen LogP contribution in [0.25, 0.3) is 0 Å². The Hall–Kier alpha value is -2.15. The number of aliphatic hydroxyl groups excluding tert-OH is 1. The van der Waals surface area contributed by atoms with E-state index in [1.165, 1.54) is 25.3 Å². The molecule has 7 heteroatoms. The van der Waals surface area contributed by atoms with Crippen LogP contribution in [0.3, 0.4) is 0 Å². The maximum absolute atomic E-state index is 12.2. The van der Waals surface area contributed by atoms with Gasteiger partial charge in [-0.25, -0.2) is 0 Å². The van der Waals surface area contributed by atoms with E-state index in [4.69, 9.17) is 4.74 Å². The molecule has 0 aromatic heterocycles. The molecule has 1 rings (SSSR count). The average molecular weight is 296 g/mol. The molecule has 0 saturated carbocycles. The summed E-state index contributed by atoms with van der Waals surface area (Å²) >= 11 is 0. The van der Waals surface area contributed by atoms with Gasteiger partial charge in [-0.1, -0.05) is 13.8 Å². The molecule has 2 N–H and O–H groups in total. The zero-order valence-corrected chi connectivity index (χ0v) is 12.4. The van der Waals surface area contributed by atoms with E-state index in [2.05, 4.69) is 5.32 Å². The third-order valence-corrected chi connectivity index (χ3v) is 3.67. The molecule has 0 unspecified atom stereocenters. The van der Waals surface area contributed by atoms with Gasteiger partial charge in [0.2, 0.25) is 0 Å². The molecule has 116 valence electrons. The number of benzene rings is 1. The zero-order chi connectivity index (χ0) is 16.0. The SMILES string of the molecule is CCC(CC)(CO)NC(=O)c1ccc([N+](=O)[O-])c(OC)c1. The fourth-order valence-electron chi connectivity index (χ4n) is 1.97. The van der Waals surface area contributed by atoms with Gasteiger partial charge in [0.05, 0.1) is 24.2 Å². The molecule has 0 aliphatic carbocycles. The number of hydrogen-bond donors (Lipinski definition) is 2. The maximum atomic E-state index is 12.2. The lowest BCUT2D eigenvalue weighted by atomic mass is 9.93. The van der Waals surface area contributed by atoms with Gasteiger partial charge < -0.3 is 15.2 Å². The van der Waals surface area contributed by atoms with Crippen molar-refractivity contribution < 1.29 is 19.6 Å². The van der Waals surface area contributed by atoms with Crippen molar-refractivity contribution in [2.45, 2.75) is 32.2 Å². The fourth-order valence-corrected chi connectivity index (χ4v) is 1.97. The lowest BCUT2D eigenvalue weighted by molar-refractivity contribution is -0.385. The zero-order valence-electron chi connectivity index (χ0n) is 12.4. The number of carbonyl (C=O) groups excluding carboxylic acids is 1. The number of ether oxygens (including phenoxy) is 1. The van der Waals surface area contributed by atoms with Crippen LogP contribution >= 0.6 is 0 Å². The van der Waals surface area contributed by atoms with E-state index < -0.39 is 16.4 Å². The number of nitrogens with one attached hydrogen (secondary N) is 1. The van der Waals surface area contributed by atoms with Crippen molar-refractivity contribution in [2.75, 3.05) is 13.7 Å². The second-order valence-electron chi connectivity index (χ2n) is 4.74. The van der Waals surface area contributed by atoms with Crippen molar-refractivity contribution >= 4 is 11.6 Å². The quantitative estimate of drug-likeness (QED) is 0.591. The van der Waals surface area contributed by atoms with E-state index in [9.17, 15) is 20.0 Å². The number of aliphatic hydroxyl groups is 1. The molecule has 0 saturated heterocycles. The molecule has 0 heterocycles. The Morgan fingerprint density at radius 3 is 2.48 bits per heavy atom. The van der Waals surface area contributed by atoms with Crippen LogP contribution in [-0.4, -0.2) is 35.2 Å². The highest BCUT2D eigenvalue weighted by Crippen LogP contribution is 2.27. The van der Waals surface area contributed by atoms with Crippen LogP contribution in [0, 0.1) is 10.1 Å². The highest BCUT2D eigenvalue weighted by Gasteiger charge is 2.28. The number of rotatable bonds is 7. The molecule has 0 spiro atoms. The van der Waals surface area contributed by atoms with E-state index in [1.807, 2.05) is 13.8 Å². The van der Waals surface area contributed by atoms with Crippen molar-refractivity contribution in [3.05, 3.63) is 33.9 Å². The molecule has 0 bridgehead atoms. The van der Waals surface area contributed by atoms with Crippen molar-refractivity contribution in [1.29, 1.82) is 0 Å². The van der Waals surface area contributed by atoms with Crippen molar-refractivity contribution in [1.82, 2.24) is 5.32 Å². The molecular weight excluding hydrogens is 276 g/mol. The standard InChI is InChI=1S/C14H20N2O5/c1-4-14(5-2,9-17)15-13(18)10-6-7-11(16(19)20)12(8-10)21-3/h6-8,17H,4-5,9H2,1-3H3,(H,15,18). The van der Waals surface area contributed by atoms with Crippen LogP contribution in [-0.2, 0) is 0 Å². The number of carbonyl (C=O) groups is 1. The minimum absolute atomic E-state index is 0.0234. The molecule has 1 aromatic carbocycles. The number of methoxy groups -OCH3 is 1. The van der Waals surface area contributed by atoms with E-state index in [-0.39, 0.29) is 23.6 Å². The van der Waals surface area contributed by atoms with Gasteiger partial charge in [-0.05, 0) is 18.9 Å². The Kier molecular flexibility index (Phi) is 5.66. The number of hydrogen-bond acceptors (Lipinski definition) is 5. The second-order valence-corrected chi connectivity index (χ2v) is 4.74. The average Bonchev–Trinajstić information content (AvgIpc) is 2.51. The summed E-state index contributed by atoms with van der Waals surface area (Å²) in [5.74, 6) is -0.379. The van der Waals surface area contributed by atoms with Gasteiger partial charge >= 0.3 is 5.69 Å². The minimum Gasteiger partial charge on any atom is -0.490 e. The predicted octanol–water partition coefficient (Wildman–Crippen LogP) is 1.88. The Bertz CT molecular complexity index is 518. The lowest BCUT2D eigenvalue weighted by Gasteiger charge is -2.30. The highest BCUT2D eigenvalue weighted by molar-refractivity contribution is 5.95. The number of nitro groups is 1. The van der Waals surface area contributed by atoms with Crippen LogP contribution in [0.4, 0.5) is 5.69 Å². The Labute approximate surface area is 123 Å². The van der Waals surface area contributed by atoms with Gasteiger partial charge in [0.15, 0.2) is 5.75 Å². The van der Waals surface area contributed by atoms with Gasteiger partial charge in [-0.15, -0.1) is 0 Å². The van der Waals surface area contributed by atoms with Crippen LogP contribution in [0.1, 0.15) is 37.0 Å². The van der Waals surface area contributed by atoms with Gasteiger partial charge in [-0.2, -0.15) is 0 Å². The molecule has 0 radical (unpaired) electrons. The molecule has 0 fully saturated rings. The third kappa shape index (κ3) is 3.69. The van der Waals surface area contributed by atoms with Crippen molar-refractivity contribution in [3.63, 3.8) is 0 Å². The van der Waals surface area contributed by atoms with E-state index >= 15 is 0 Å². The van der Waals surface area contributed by atoms with Crippen LogP contribution < -0.4 is 10.1 Å². The highest BCUT2D eigenvalue weighted by atomic mass is 16.6. The second kappa shape index (κ2) is 7.03. The van der Waals surface area contributed by atoms with E-state index in [1.54, 1.807) is 0 Å². The van der Waals surface area contributed by atoms with Gasteiger partial charge in [0, 0.05) is 17.7 Å². The largest absolute Gasteiger partial charge is 0.490 e. The molecular formula is C14H20N2O5. The van der Waals surface area contributed by atoms with Gasteiger partial charge in [0.1, 0.15) is 0 Å². The Balaban J connectivity index is 3.06. The van der Waals surface area contributed by atoms with E-state index in [0.717, 1.165) is 0 Å². The fraction of sp³-hybridized carbons (Fsp3) is 0.500. The predicted molar refractivity (Wildman–Crippen MR) is 77.5 cm³/mol. The Morgan fingerprint density at radius 2 is 2.05 bits per heavy atom.